The van der Waals surface area contributed by atoms with Crippen LogP contribution in [0.1, 0.15) is 17.5 Å². The second kappa shape index (κ2) is 7.67. The van der Waals surface area contributed by atoms with Gasteiger partial charge in [-0.15, -0.1) is 0 Å². The summed E-state index contributed by atoms with van der Waals surface area (Å²) in [6.45, 7) is 7.94. The lowest BCUT2D eigenvalue weighted by molar-refractivity contribution is 0.253. The first-order valence-electron chi connectivity index (χ1n) is 9.17. The number of rotatable bonds is 5. The molecule has 0 radical (unpaired) electrons. The minimum atomic E-state index is 0.782. The average molecular weight is 382 g/mol. The Bertz CT molecular complexity index is 875. The van der Waals surface area contributed by atoms with E-state index in [4.69, 9.17) is 16.3 Å². The van der Waals surface area contributed by atoms with Gasteiger partial charge in [-0.25, -0.2) is 0 Å². The van der Waals surface area contributed by atoms with Crippen molar-refractivity contribution in [1.29, 1.82) is 0 Å². The van der Waals surface area contributed by atoms with Gasteiger partial charge in [-0.05, 0) is 41.8 Å². The molecule has 0 aliphatic carbocycles. The summed E-state index contributed by atoms with van der Waals surface area (Å²) in [5.74, 6) is 0.876. The van der Waals surface area contributed by atoms with E-state index in [1.807, 2.05) is 30.3 Å². The van der Waals surface area contributed by atoms with Crippen molar-refractivity contribution >= 4 is 11.6 Å². The molecule has 0 unspecified atom stereocenters. The molecule has 1 N–H and O–H groups in total. The molecular formula is C22H24ClN3O. The maximum absolute atomic E-state index is 6.12. The molecule has 0 fully saturated rings. The Morgan fingerprint density at radius 2 is 1.93 bits per heavy atom. The molecule has 2 heterocycles. The summed E-state index contributed by atoms with van der Waals surface area (Å²) in [4.78, 5) is 2.45. The van der Waals surface area contributed by atoms with Gasteiger partial charge in [0.2, 0.25) is 0 Å². The number of benzene rings is 2. The van der Waals surface area contributed by atoms with E-state index in [1.54, 1.807) is 7.11 Å². The van der Waals surface area contributed by atoms with Crippen molar-refractivity contribution in [2.45, 2.75) is 19.5 Å². The lowest BCUT2D eigenvalue weighted by atomic mass is 10.0. The predicted molar refractivity (Wildman–Crippen MR) is 109 cm³/mol. The minimum absolute atomic E-state index is 0.782. The van der Waals surface area contributed by atoms with Gasteiger partial charge < -0.3 is 10.2 Å². The molecule has 140 valence electrons. The number of methoxy groups -OCH3 is 1. The van der Waals surface area contributed by atoms with Crippen LogP contribution in [0.25, 0.3) is 0 Å². The zero-order valence-corrected chi connectivity index (χ0v) is 16.3. The topological polar surface area (TPSA) is 27.7 Å². The van der Waals surface area contributed by atoms with E-state index in [9.17, 15) is 0 Å². The molecule has 0 atom stereocenters. The number of halogens is 1. The summed E-state index contributed by atoms with van der Waals surface area (Å²) < 4.78 is 5.24. The van der Waals surface area contributed by atoms with Crippen LogP contribution < -0.4 is 10.2 Å². The van der Waals surface area contributed by atoms with Crippen LogP contribution >= 0.6 is 11.6 Å². The molecule has 2 aliphatic heterocycles. The van der Waals surface area contributed by atoms with Crippen LogP contribution in [0.4, 0.5) is 0 Å². The first-order valence-corrected chi connectivity index (χ1v) is 9.55. The van der Waals surface area contributed by atoms with Gasteiger partial charge in [-0.3, -0.25) is 9.91 Å². The molecule has 5 heteroatoms. The van der Waals surface area contributed by atoms with Crippen LogP contribution in [0.15, 0.2) is 72.1 Å². The molecule has 27 heavy (non-hydrogen) atoms. The van der Waals surface area contributed by atoms with Crippen molar-refractivity contribution in [2.24, 2.45) is 0 Å². The van der Waals surface area contributed by atoms with Gasteiger partial charge in [0.05, 0.1) is 25.0 Å². The van der Waals surface area contributed by atoms with Crippen molar-refractivity contribution < 1.29 is 4.74 Å². The molecular weight excluding hydrogens is 358 g/mol. The number of hydrogen-bond acceptors (Lipinski definition) is 4. The smallest absolute Gasteiger partial charge is 0.118 e. The third-order valence-corrected chi connectivity index (χ3v) is 5.40. The fourth-order valence-corrected chi connectivity index (χ4v) is 3.92. The zero-order chi connectivity index (χ0) is 18.8. The molecule has 4 nitrogen and oxygen atoms in total. The Hall–Kier alpha value is -2.43. The summed E-state index contributed by atoms with van der Waals surface area (Å²) in [5, 5.41) is 2.94. The molecule has 2 aromatic rings. The first kappa shape index (κ1) is 18.0. The van der Waals surface area contributed by atoms with Crippen LogP contribution in [-0.2, 0) is 13.1 Å². The summed E-state index contributed by atoms with van der Waals surface area (Å²) in [6.07, 6.45) is 1.01. The summed E-state index contributed by atoms with van der Waals surface area (Å²) in [5.41, 5.74) is 9.74. The van der Waals surface area contributed by atoms with Crippen LogP contribution in [0, 0.1) is 0 Å². The molecule has 4 rings (SSSR count). The molecule has 0 amide bonds. The predicted octanol–water partition coefficient (Wildman–Crippen LogP) is 4.34. The van der Waals surface area contributed by atoms with Crippen molar-refractivity contribution in [1.82, 2.24) is 15.3 Å². The molecule has 0 saturated heterocycles. The summed E-state index contributed by atoms with van der Waals surface area (Å²) in [7, 11) is 1.69. The molecule has 0 aromatic heterocycles. The van der Waals surface area contributed by atoms with Gasteiger partial charge in [0.1, 0.15) is 5.75 Å². The van der Waals surface area contributed by atoms with E-state index in [1.165, 1.54) is 22.4 Å². The highest BCUT2D eigenvalue weighted by atomic mass is 35.5. The quantitative estimate of drug-likeness (QED) is 0.833. The number of allylic oxidation sites excluding steroid dienone is 1. The van der Waals surface area contributed by atoms with Gasteiger partial charge in [0, 0.05) is 30.2 Å². The maximum Gasteiger partial charge on any atom is 0.118 e. The van der Waals surface area contributed by atoms with Gasteiger partial charge in [-0.1, -0.05) is 42.4 Å². The van der Waals surface area contributed by atoms with Gasteiger partial charge in [0.25, 0.3) is 0 Å². The Morgan fingerprint density at radius 3 is 2.67 bits per heavy atom. The largest absolute Gasteiger partial charge is 0.497 e. The normalized spacial score (nSPS) is 17.1. The highest BCUT2D eigenvalue weighted by Crippen LogP contribution is 2.31. The lowest BCUT2D eigenvalue weighted by Crippen LogP contribution is -2.36. The van der Waals surface area contributed by atoms with Crippen LogP contribution in [-0.4, -0.2) is 30.1 Å². The van der Waals surface area contributed by atoms with E-state index >= 15 is 0 Å². The fraction of sp³-hybridized carbons (Fsp3) is 0.273. The second-order valence-electron chi connectivity index (χ2n) is 7.04. The van der Waals surface area contributed by atoms with Crippen molar-refractivity contribution in [3.63, 3.8) is 0 Å². The Morgan fingerprint density at radius 1 is 1.11 bits per heavy atom. The number of nitrogens with one attached hydrogen (secondary N) is 1. The molecule has 2 aliphatic rings. The summed E-state index contributed by atoms with van der Waals surface area (Å²) >= 11 is 6.12. The highest BCUT2D eigenvalue weighted by molar-refractivity contribution is 6.30. The second-order valence-corrected chi connectivity index (χ2v) is 7.48. The third kappa shape index (κ3) is 3.97. The fourth-order valence-electron chi connectivity index (χ4n) is 3.71. The minimum Gasteiger partial charge on any atom is -0.497 e. The standard InChI is InChI=1S/C22H24ClN3O/c1-16-21-10-11-25(13-18-4-3-5-19(23)12-18)15-22(21)24-26(16)14-17-6-8-20(27-2)9-7-17/h3-9,12,24H,1,10-11,13-15H2,2H3. The van der Waals surface area contributed by atoms with Crippen molar-refractivity contribution in [3.05, 3.63) is 88.2 Å². The van der Waals surface area contributed by atoms with Gasteiger partial charge in [-0.2, -0.15) is 0 Å². The van der Waals surface area contributed by atoms with E-state index in [0.717, 1.165) is 49.1 Å². The number of ether oxygens (including phenoxy) is 1. The SMILES string of the molecule is C=C1C2=C(CN(Cc3cccc(Cl)c3)CC2)NN1Cc1ccc(OC)cc1. The summed E-state index contributed by atoms with van der Waals surface area (Å²) in [6, 6.07) is 16.3. The van der Waals surface area contributed by atoms with Crippen LogP contribution in [0.5, 0.6) is 5.75 Å². The molecule has 0 spiro atoms. The van der Waals surface area contributed by atoms with E-state index in [-0.39, 0.29) is 0 Å². The van der Waals surface area contributed by atoms with Gasteiger partial charge >= 0.3 is 0 Å². The van der Waals surface area contributed by atoms with E-state index < -0.39 is 0 Å². The Labute approximate surface area is 165 Å². The average Bonchev–Trinajstić information content (AvgIpc) is 2.97. The third-order valence-electron chi connectivity index (χ3n) is 5.16. The molecule has 2 aromatic carbocycles. The molecule has 0 saturated carbocycles. The van der Waals surface area contributed by atoms with Crippen LogP contribution in [0.2, 0.25) is 5.02 Å². The zero-order valence-electron chi connectivity index (χ0n) is 15.5. The van der Waals surface area contributed by atoms with Crippen LogP contribution in [0.3, 0.4) is 0 Å². The number of nitrogens with zero attached hydrogens (tertiary/aromatic N) is 2. The van der Waals surface area contributed by atoms with Gasteiger partial charge in [0.15, 0.2) is 0 Å². The highest BCUT2D eigenvalue weighted by Gasteiger charge is 2.29. The first-order chi connectivity index (χ1) is 13.1. The Kier molecular flexibility index (Phi) is 5.10. The maximum atomic E-state index is 6.12. The molecule has 0 bridgehead atoms. The Balaban J connectivity index is 1.39. The van der Waals surface area contributed by atoms with Crippen molar-refractivity contribution in [2.75, 3.05) is 20.2 Å². The van der Waals surface area contributed by atoms with Crippen molar-refractivity contribution in [3.8, 4) is 5.75 Å². The van der Waals surface area contributed by atoms with E-state index in [0.29, 0.717) is 0 Å². The monoisotopic (exact) mass is 381 g/mol. The lowest BCUT2D eigenvalue weighted by Gasteiger charge is -2.27. The number of hydrazine groups is 1. The van der Waals surface area contributed by atoms with E-state index in [2.05, 4.69) is 40.1 Å². The number of hydrogen-bond donors (Lipinski definition) is 1.